The predicted molar refractivity (Wildman–Crippen MR) is 166 cm³/mol. The number of rotatable bonds is 11. The molecule has 3 rings (SSSR count). The van der Waals surface area contributed by atoms with Crippen LogP contribution in [0.3, 0.4) is 0 Å². The van der Waals surface area contributed by atoms with Gasteiger partial charge in [0.05, 0.1) is 18.2 Å². The van der Waals surface area contributed by atoms with Crippen LogP contribution in [0.1, 0.15) is 30.4 Å². The normalized spacial score (nSPS) is 20.1. The Labute approximate surface area is 261 Å². The molecular weight excluding hydrogens is 584 g/mol. The largest absolute Gasteiger partial charge is 0.508 e. The summed E-state index contributed by atoms with van der Waals surface area (Å²) < 4.78 is 0. The number of aromatic hydroxyl groups is 2. The summed E-state index contributed by atoms with van der Waals surface area (Å²) in [4.78, 5) is 52.1. The molecule has 4 bridgehead atoms. The lowest BCUT2D eigenvalue weighted by Crippen LogP contribution is -2.56. The van der Waals surface area contributed by atoms with E-state index in [9.17, 15) is 34.5 Å². The first-order valence-corrected chi connectivity index (χ1v) is 14.8. The summed E-state index contributed by atoms with van der Waals surface area (Å²) in [7, 11) is 0. The van der Waals surface area contributed by atoms with Crippen molar-refractivity contribution in [2.45, 2.75) is 62.4 Å². The lowest BCUT2D eigenvalue weighted by molar-refractivity contribution is -0.132. The molecule has 0 spiro atoms. The molecule has 2 aromatic rings. The smallest absolute Gasteiger partial charge is 0.243 e. The molecule has 0 saturated heterocycles. The molecular formula is C30H44N8O7. The zero-order valence-corrected chi connectivity index (χ0v) is 25.0. The number of carbonyl (C=O) groups is 4. The van der Waals surface area contributed by atoms with Crippen LogP contribution in [0, 0.1) is 0 Å². The number of benzene rings is 2. The van der Waals surface area contributed by atoms with Crippen LogP contribution in [0.15, 0.2) is 36.4 Å². The second kappa shape index (κ2) is 16.7. The van der Waals surface area contributed by atoms with Crippen LogP contribution in [0.4, 0.5) is 0 Å². The van der Waals surface area contributed by atoms with Gasteiger partial charge in [-0.15, -0.1) is 0 Å². The van der Waals surface area contributed by atoms with Gasteiger partial charge in [0.25, 0.3) is 0 Å². The first-order chi connectivity index (χ1) is 21.4. The van der Waals surface area contributed by atoms with E-state index in [1.807, 2.05) is 0 Å². The molecule has 45 heavy (non-hydrogen) atoms. The SMILES string of the molecule is NCCC[C@@H]1NC(=O)[C@@H](N)Cc2cc(ccc2O)-c2ccc(O)c(c2)C[C@@H](C(=O)NCCC(N)C(=O)NCC(O)CN)NC1=O. The first kappa shape index (κ1) is 35.2. The average molecular weight is 629 g/mol. The summed E-state index contributed by atoms with van der Waals surface area (Å²) in [5.41, 5.74) is 25.2. The van der Waals surface area contributed by atoms with Crippen LogP contribution in [0.5, 0.6) is 11.5 Å². The van der Waals surface area contributed by atoms with Crippen molar-refractivity contribution in [3.8, 4) is 22.6 Å². The number of nitrogens with one attached hydrogen (secondary N) is 4. The van der Waals surface area contributed by atoms with Crippen molar-refractivity contribution in [3.05, 3.63) is 47.5 Å². The summed E-state index contributed by atoms with van der Waals surface area (Å²) >= 11 is 0. The van der Waals surface area contributed by atoms with Crippen molar-refractivity contribution in [3.63, 3.8) is 0 Å². The van der Waals surface area contributed by atoms with Gasteiger partial charge < -0.3 is 59.5 Å². The minimum Gasteiger partial charge on any atom is -0.508 e. The van der Waals surface area contributed by atoms with Gasteiger partial charge in [0.15, 0.2) is 0 Å². The molecule has 0 saturated carbocycles. The third-order valence-electron chi connectivity index (χ3n) is 7.53. The minimum atomic E-state index is -1.20. The van der Waals surface area contributed by atoms with E-state index in [1.54, 1.807) is 24.3 Å². The number of carbonyl (C=O) groups excluding carboxylic acids is 4. The molecule has 0 fully saturated rings. The van der Waals surface area contributed by atoms with Gasteiger partial charge in [-0.2, -0.15) is 0 Å². The average Bonchev–Trinajstić information content (AvgIpc) is 3.02. The van der Waals surface area contributed by atoms with Gasteiger partial charge in [-0.1, -0.05) is 12.1 Å². The standard InChI is InChI=1S/C30H44N8O7/c31-8-1-2-23-30(45)38-24(29(44)35-9-7-21(33)27(42)36-15-20(39)14-32)13-19-11-17(4-6-26(19)41)16-3-5-25(40)18(10-16)12-22(34)28(43)37-23/h3-6,10-11,20-24,39-41H,1-2,7-9,12-15,31-34H2,(H,35,44)(H,36,42)(H,37,43)(H,38,45)/t20?,21?,22-,23-,24-/m0/s1. The number of hydrogen-bond acceptors (Lipinski definition) is 11. The molecule has 0 aromatic heterocycles. The Kier molecular flexibility index (Phi) is 13.1. The molecule has 0 aliphatic carbocycles. The van der Waals surface area contributed by atoms with Crippen LogP contribution in [0.25, 0.3) is 11.1 Å². The molecule has 2 unspecified atom stereocenters. The van der Waals surface area contributed by atoms with Crippen LogP contribution >= 0.6 is 0 Å². The highest BCUT2D eigenvalue weighted by Crippen LogP contribution is 2.30. The highest BCUT2D eigenvalue weighted by atomic mass is 16.3. The molecule has 15 nitrogen and oxygen atoms in total. The van der Waals surface area contributed by atoms with Gasteiger partial charge in [0.2, 0.25) is 23.6 Å². The molecule has 5 atom stereocenters. The van der Waals surface area contributed by atoms with Crippen molar-refractivity contribution in [1.29, 1.82) is 0 Å². The fourth-order valence-corrected chi connectivity index (χ4v) is 4.80. The van der Waals surface area contributed by atoms with Gasteiger partial charge >= 0.3 is 0 Å². The molecule has 1 aliphatic heterocycles. The van der Waals surface area contributed by atoms with Crippen LogP contribution < -0.4 is 44.2 Å². The predicted octanol–water partition coefficient (Wildman–Crippen LogP) is -2.83. The second-order valence-electron chi connectivity index (χ2n) is 11.1. The van der Waals surface area contributed by atoms with E-state index in [0.717, 1.165) is 0 Å². The summed E-state index contributed by atoms with van der Waals surface area (Å²) in [6.45, 7) is 0.126. The Morgan fingerprint density at radius 3 is 2.16 bits per heavy atom. The van der Waals surface area contributed by atoms with E-state index in [0.29, 0.717) is 28.7 Å². The molecule has 2 aromatic carbocycles. The Hall–Kier alpha value is -4.28. The third-order valence-corrected chi connectivity index (χ3v) is 7.53. The molecule has 246 valence electrons. The number of aliphatic hydroxyl groups is 1. The van der Waals surface area contributed by atoms with E-state index >= 15 is 0 Å². The van der Waals surface area contributed by atoms with E-state index in [1.165, 1.54) is 12.1 Å². The summed E-state index contributed by atoms with van der Waals surface area (Å²) in [6, 6.07) is 5.27. The monoisotopic (exact) mass is 628 g/mol. The number of phenolic OH excluding ortho intramolecular Hbond substituents is 2. The van der Waals surface area contributed by atoms with Crippen molar-refractivity contribution in [2.75, 3.05) is 26.2 Å². The molecule has 0 radical (unpaired) electrons. The van der Waals surface area contributed by atoms with E-state index < -0.39 is 53.9 Å². The molecule has 1 heterocycles. The zero-order chi connectivity index (χ0) is 33.1. The topological polar surface area (TPSA) is 281 Å². The van der Waals surface area contributed by atoms with Gasteiger partial charge in [-0.3, -0.25) is 19.2 Å². The molecule has 15 heteroatoms. The fraction of sp³-hybridized carbons (Fsp3) is 0.467. The Balaban J connectivity index is 1.89. The summed E-state index contributed by atoms with van der Waals surface area (Å²) in [6.07, 6.45) is -0.446. The number of fused-ring (bicyclic) bond motifs is 5. The Morgan fingerprint density at radius 1 is 0.933 bits per heavy atom. The van der Waals surface area contributed by atoms with E-state index in [-0.39, 0.29) is 63.4 Å². The first-order valence-electron chi connectivity index (χ1n) is 14.8. The van der Waals surface area contributed by atoms with Gasteiger partial charge in [0.1, 0.15) is 23.6 Å². The summed E-state index contributed by atoms with van der Waals surface area (Å²) in [5.74, 6) is -2.59. The maximum atomic E-state index is 13.5. The number of phenols is 2. The zero-order valence-electron chi connectivity index (χ0n) is 25.0. The maximum absolute atomic E-state index is 13.5. The van der Waals surface area contributed by atoms with Crippen molar-refractivity contribution in [1.82, 2.24) is 21.3 Å². The van der Waals surface area contributed by atoms with Gasteiger partial charge in [-0.05, 0) is 72.3 Å². The van der Waals surface area contributed by atoms with Gasteiger partial charge in [0, 0.05) is 32.5 Å². The second-order valence-corrected chi connectivity index (χ2v) is 11.1. The van der Waals surface area contributed by atoms with Crippen molar-refractivity contribution >= 4 is 23.6 Å². The quantitative estimate of drug-likeness (QED) is 0.121. The minimum absolute atomic E-state index is 0.0134. The Bertz CT molecular complexity index is 1360. The fourth-order valence-electron chi connectivity index (χ4n) is 4.80. The van der Waals surface area contributed by atoms with Crippen molar-refractivity contribution < 1.29 is 34.5 Å². The number of aliphatic hydroxyl groups excluding tert-OH is 1. The number of amides is 4. The lowest BCUT2D eigenvalue weighted by Gasteiger charge is -2.24. The van der Waals surface area contributed by atoms with Gasteiger partial charge in [-0.25, -0.2) is 0 Å². The van der Waals surface area contributed by atoms with Crippen molar-refractivity contribution in [2.24, 2.45) is 22.9 Å². The van der Waals surface area contributed by atoms with Crippen LogP contribution in [-0.4, -0.2) is 95.4 Å². The van der Waals surface area contributed by atoms with Crippen LogP contribution in [0.2, 0.25) is 0 Å². The summed E-state index contributed by atoms with van der Waals surface area (Å²) in [5, 5.41) is 41.2. The Morgan fingerprint density at radius 2 is 1.56 bits per heavy atom. The van der Waals surface area contributed by atoms with E-state index in [4.69, 9.17) is 22.9 Å². The molecule has 4 amide bonds. The molecule has 15 N–H and O–H groups in total. The lowest BCUT2D eigenvalue weighted by atomic mass is 9.95. The highest BCUT2D eigenvalue weighted by molar-refractivity contribution is 5.93. The van der Waals surface area contributed by atoms with Crippen LogP contribution in [-0.2, 0) is 32.0 Å². The molecule has 1 aliphatic rings. The third kappa shape index (κ3) is 10.1. The number of hydrogen-bond donors (Lipinski definition) is 11. The maximum Gasteiger partial charge on any atom is 0.243 e. The van der Waals surface area contributed by atoms with E-state index in [2.05, 4.69) is 21.3 Å². The number of nitrogens with two attached hydrogens (primary N) is 4. The highest BCUT2D eigenvalue weighted by Gasteiger charge is 2.29.